The van der Waals surface area contributed by atoms with Crippen molar-refractivity contribution < 1.29 is 9.47 Å². The first kappa shape index (κ1) is 18.3. The smallest absolute Gasteiger partial charge is 0.260 e. The van der Waals surface area contributed by atoms with Gasteiger partial charge in [-0.1, -0.05) is 6.07 Å². The van der Waals surface area contributed by atoms with Crippen molar-refractivity contribution in [2.24, 2.45) is 0 Å². The van der Waals surface area contributed by atoms with Gasteiger partial charge in [-0.15, -0.1) is 11.3 Å². The molecule has 3 aromatic rings. The monoisotopic (exact) mass is 393 g/mol. The molecular formula is C21H19N3O3S. The van der Waals surface area contributed by atoms with Gasteiger partial charge in [-0.25, -0.2) is 4.98 Å². The van der Waals surface area contributed by atoms with Gasteiger partial charge in [-0.3, -0.25) is 4.79 Å². The topological polar surface area (TPSA) is 88.0 Å². The number of aryl methyl sites for hydroxylation is 2. The zero-order valence-electron chi connectivity index (χ0n) is 15.7. The van der Waals surface area contributed by atoms with Gasteiger partial charge >= 0.3 is 0 Å². The van der Waals surface area contributed by atoms with E-state index in [0.29, 0.717) is 21.7 Å². The summed E-state index contributed by atoms with van der Waals surface area (Å²) in [5.74, 6) is 1.46. The van der Waals surface area contributed by atoms with E-state index in [-0.39, 0.29) is 17.0 Å². The Morgan fingerprint density at radius 3 is 2.79 bits per heavy atom. The van der Waals surface area contributed by atoms with E-state index in [1.807, 2.05) is 6.07 Å². The van der Waals surface area contributed by atoms with Crippen LogP contribution in [0.2, 0.25) is 0 Å². The van der Waals surface area contributed by atoms with E-state index >= 15 is 0 Å². The maximum Gasteiger partial charge on any atom is 0.260 e. The fourth-order valence-electron chi connectivity index (χ4n) is 3.55. The molecule has 0 bridgehead atoms. The van der Waals surface area contributed by atoms with Crippen LogP contribution in [0.25, 0.3) is 21.9 Å². The second kappa shape index (κ2) is 7.49. The molecule has 0 atom stereocenters. The fraction of sp³-hybridized carbons (Fsp3) is 0.286. The number of hydrogen-bond donors (Lipinski definition) is 1. The summed E-state index contributed by atoms with van der Waals surface area (Å²) in [6.07, 6.45) is 5.85. The highest BCUT2D eigenvalue weighted by atomic mass is 32.1. The SMILES string of the molecule is COc1ccc(C=C(C#N)c2nc3sc4c(c3c(=O)[nH]2)CCCC4)cc1OC. The molecule has 0 saturated heterocycles. The van der Waals surface area contributed by atoms with E-state index in [4.69, 9.17) is 9.47 Å². The summed E-state index contributed by atoms with van der Waals surface area (Å²) in [5, 5.41) is 10.3. The van der Waals surface area contributed by atoms with E-state index in [2.05, 4.69) is 16.0 Å². The third-order valence-corrected chi connectivity index (χ3v) is 6.10. The van der Waals surface area contributed by atoms with Gasteiger partial charge in [-0.05, 0) is 55.0 Å². The van der Waals surface area contributed by atoms with E-state index in [0.717, 1.165) is 36.8 Å². The summed E-state index contributed by atoms with van der Waals surface area (Å²) >= 11 is 1.57. The van der Waals surface area contributed by atoms with Crippen LogP contribution in [-0.4, -0.2) is 24.2 Å². The molecule has 0 amide bonds. The predicted molar refractivity (Wildman–Crippen MR) is 110 cm³/mol. The highest BCUT2D eigenvalue weighted by Gasteiger charge is 2.20. The van der Waals surface area contributed by atoms with Crippen LogP contribution in [0.5, 0.6) is 11.5 Å². The molecule has 142 valence electrons. The Bertz CT molecular complexity index is 1180. The summed E-state index contributed by atoms with van der Waals surface area (Å²) in [6.45, 7) is 0. The molecule has 4 rings (SSSR count). The Hall–Kier alpha value is -3.11. The number of allylic oxidation sites excluding steroid dienone is 1. The van der Waals surface area contributed by atoms with Crippen LogP contribution < -0.4 is 15.0 Å². The van der Waals surface area contributed by atoms with Crippen molar-refractivity contribution in [3.8, 4) is 17.6 Å². The Labute approximate surface area is 166 Å². The summed E-state index contributed by atoms with van der Waals surface area (Å²) in [7, 11) is 3.13. The standard InChI is InChI=1S/C21H19N3O3S/c1-26-15-8-7-12(10-16(15)27-2)9-13(11-22)19-23-20(25)18-14-5-3-4-6-17(14)28-21(18)24-19/h7-10H,3-6H2,1-2H3,(H,23,24,25). The van der Waals surface area contributed by atoms with Gasteiger partial charge in [0.2, 0.25) is 0 Å². The van der Waals surface area contributed by atoms with E-state index < -0.39 is 0 Å². The number of H-pyrrole nitrogens is 1. The summed E-state index contributed by atoms with van der Waals surface area (Å²) in [5.41, 5.74) is 2.00. The van der Waals surface area contributed by atoms with Gasteiger partial charge in [0.25, 0.3) is 5.56 Å². The number of nitrogens with zero attached hydrogens (tertiary/aromatic N) is 2. The van der Waals surface area contributed by atoms with E-state index in [9.17, 15) is 10.1 Å². The normalized spacial score (nSPS) is 13.8. The molecule has 28 heavy (non-hydrogen) atoms. The first-order valence-corrected chi connectivity index (χ1v) is 9.85. The highest BCUT2D eigenvalue weighted by Crippen LogP contribution is 2.34. The van der Waals surface area contributed by atoms with Gasteiger partial charge in [0.05, 0.1) is 25.2 Å². The largest absolute Gasteiger partial charge is 0.493 e. The van der Waals surface area contributed by atoms with Crippen molar-refractivity contribution in [1.29, 1.82) is 5.26 Å². The van der Waals surface area contributed by atoms with Gasteiger partial charge in [0.1, 0.15) is 10.9 Å². The van der Waals surface area contributed by atoms with Crippen molar-refractivity contribution in [2.45, 2.75) is 25.7 Å². The molecule has 1 N–H and O–H groups in total. The Morgan fingerprint density at radius 2 is 2.04 bits per heavy atom. The van der Waals surface area contributed by atoms with Crippen LogP contribution in [0.4, 0.5) is 0 Å². The van der Waals surface area contributed by atoms with Crippen molar-refractivity contribution in [1.82, 2.24) is 9.97 Å². The Morgan fingerprint density at radius 1 is 1.25 bits per heavy atom. The number of aromatic nitrogens is 2. The van der Waals surface area contributed by atoms with Crippen LogP contribution in [0.3, 0.4) is 0 Å². The minimum Gasteiger partial charge on any atom is -0.493 e. The summed E-state index contributed by atoms with van der Waals surface area (Å²) in [6, 6.07) is 7.51. The minimum atomic E-state index is -0.173. The molecule has 0 spiro atoms. The average molecular weight is 393 g/mol. The third-order valence-electron chi connectivity index (χ3n) is 4.92. The molecule has 6 nitrogen and oxygen atoms in total. The number of benzene rings is 1. The first-order chi connectivity index (χ1) is 13.6. The van der Waals surface area contributed by atoms with Crippen LogP contribution in [-0.2, 0) is 12.8 Å². The third kappa shape index (κ3) is 3.16. The van der Waals surface area contributed by atoms with Crippen LogP contribution in [0.1, 0.15) is 34.7 Å². The van der Waals surface area contributed by atoms with E-state index in [1.54, 1.807) is 43.8 Å². The number of methoxy groups -OCH3 is 2. The zero-order valence-corrected chi connectivity index (χ0v) is 16.5. The number of rotatable bonds is 4. The number of fused-ring (bicyclic) bond motifs is 3. The second-order valence-electron chi connectivity index (χ2n) is 6.59. The molecule has 2 aromatic heterocycles. The second-order valence-corrected chi connectivity index (χ2v) is 7.67. The maximum atomic E-state index is 12.7. The van der Waals surface area contributed by atoms with E-state index in [1.165, 1.54) is 4.88 Å². The molecule has 1 aliphatic carbocycles. The first-order valence-electron chi connectivity index (χ1n) is 9.03. The van der Waals surface area contributed by atoms with Crippen molar-refractivity contribution in [3.63, 3.8) is 0 Å². The molecule has 0 radical (unpaired) electrons. The van der Waals surface area contributed by atoms with Gasteiger partial charge < -0.3 is 14.5 Å². The lowest BCUT2D eigenvalue weighted by Crippen LogP contribution is -2.12. The molecule has 0 saturated carbocycles. The number of ether oxygens (including phenoxy) is 2. The molecule has 1 aromatic carbocycles. The molecule has 1 aliphatic rings. The average Bonchev–Trinajstić information content (AvgIpc) is 3.10. The lowest BCUT2D eigenvalue weighted by Gasteiger charge is -2.09. The number of aromatic amines is 1. The Kier molecular flexibility index (Phi) is 4.88. The van der Waals surface area contributed by atoms with Crippen LogP contribution >= 0.6 is 11.3 Å². The quantitative estimate of drug-likeness (QED) is 0.678. The lowest BCUT2D eigenvalue weighted by molar-refractivity contribution is 0.355. The number of nitrogens with one attached hydrogen (secondary N) is 1. The van der Waals surface area contributed by atoms with Gasteiger partial charge in [0.15, 0.2) is 17.3 Å². The molecule has 0 aliphatic heterocycles. The Balaban J connectivity index is 1.80. The van der Waals surface area contributed by atoms with Crippen LogP contribution in [0, 0.1) is 11.3 Å². The highest BCUT2D eigenvalue weighted by molar-refractivity contribution is 7.18. The van der Waals surface area contributed by atoms with Crippen molar-refractivity contribution in [3.05, 3.63) is 50.4 Å². The van der Waals surface area contributed by atoms with Crippen molar-refractivity contribution in [2.75, 3.05) is 14.2 Å². The fourth-order valence-corrected chi connectivity index (χ4v) is 4.82. The van der Waals surface area contributed by atoms with Gasteiger partial charge in [-0.2, -0.15) is 5.26 Å². The minimum absolute atomic E-state index is 0.173. The lowest BCUT2D eigenvalue weighted by atomic mass is 9.97. The number of hydrogen-bond acceptors (Lipinski definition) is 6. The van der Waals surface area contributed by atoms with Crippen LogP contribution in [0.15, 0.2) is 23.0 Å². The number of thiophene rings is 1. The maximum absolute atomic E-state index is 12.7. The zero-order chi connectivity index (χ0) is 19.7. The molecule has 7 heteroatoms. The summed E-state index contributed by atoms with van der Waals surface area (Å²) < 4.78 is 10.6. The van der Waals surface area contributed by atoms with Crippen molar-refractivity contribution >= 4 is 33.2 Å². The molecule has 0 fully saturated rings. The molecular weight excluding hydrogens is 374 g/mol. The summed E-state index contributed by atoms with van der Waals surface area (Å²) in [4.78, 5) is 22.1. The molecule has 0 unspecified atom stereocenters. The molecule has 2 heterocycles. The number of nitriles is 1. The van der Waals surface area contributed by atoms with Gasteiger partial charge in [0, 0.05) is 4.88 Å². The predicted octanol–water partition coefficient (Wildman–Crippen LogP) is 3.94.